The molecule has 0 aliphatic carbocycles. The lowest BCUT2D eigenvalue weighted by molar-refractivity contribution is -0.131. The smallest absolute Gasteiger partial charge is 0.328 e. The summed E-state index contributed by atoms with van der Waals surface area (Å²) < 4.78 is 27.0. The molecule has 31 heavy (non-hydrogen) atoms. The number of benzene rings is 1. The number of rotatable bonds is 6. The molecule has 1 aromatic rings. The van der Waals surface area contributed by atoms with Crippen LogP contribution in [0, 0.1) is 5.41 Å². The summed E-state index contributed by atoms with van der Waals surface area (Å²) in [5.74, 6) is -0.257. The SMILES string of the molecule is CC/C(=C(F)/C=C/C(C)=C/C(=O)O)c1cc2c(cc1OC)OC(C)(C)C=C2C(C)(C)C. The second-order valence-electron chi connectivity index (χ2n) is 9.30. The van der Waals surface area contributed by atoms with Crippen LogP contribution in [-0.4, -0.2) is 23.8 Å². The second-order valence-corrected chi connectivity index (χ2v) is 9.30. The van der Waals surface area contributed by atoms with E-state index in [9.17, 15) is 4.79 Å². The summed E-state index contributed by atoms with van der Waals surface area (Å²) in [5, 5.41) is 8.84. The summed E-state index contributed by atoms with van der Waals surface area (Å²) >= 11 is 0. The van der Waals surface area contributed by atoms with Gasteiger partial charge in [-0.3, -0.25) is 0 Å². The van der Waals surface area contributed by atoms with Crippen LogP contribution >= 0.6 is 0 Å². The number of fused-ring (bicyclic) bond motifs is 1. The summed E-state index contributed by atoms with van der Waals surface area (Å²) in [4.78, 5) is 10.8. The fraction of sp³-hybridized carbons (Fsp3) is 0.423. The molecule has 1 heterocycles. The number of methoxy groups -OCH3 is 1. The number of carboxylic acids is 1. The highest BCUT2D eigenvalue weighted by atomic mass is 19.1. The minimum absolute atomic E-state index is 0.130. The van der Waals surface area contributed by atoms with Crippen molar-refractivity contribution in [1.29, 1.82) is 0 Å². The molecular weight excluding hydrogens is 395 g/mol. The van der Waals surface area contributed by atoms with Crippen LogP contribution in [-0.2, 0) is 4.79 Å². The van der Waals surface area contributed by atoms with E-state index in [0.717, 1.165) is 17.2 Å². The highest BCUT2D eigenvalue weighted by Gasteiger charge is 2.33. The molecule has 1 aliphatic heterocycles. The van der Waals surface area contributed by atoms with E-state index in [-0.39, 0.29) is 5.41 Å². The fourth-order valence-corrected chi connectivity index (χ4v) is 3.66. The van der Waals surface area contributed by atoms with E-state index >= 15 is 4.39 Å². The largest absolute Gasteiger partial charge is 0.496 e. The van der Waals surface area contributed by atoms with Gasteiger partial charge in [0.2, 0.25) is 0 Å². The van der Waals surface area contributed by atoms with Crippen molar-refractivity contribution in [2.45, 2.75) is 60.5 Å². The molecule has 1 aliphatic rings. The lowest BCUT2D eigenvalue weighted by Crippen LogP contribution is -2.31. The number of hydrogen-bond acceptors (Lipinski definition) is 3. The molecule has 2 rings (SSSR count). The van der Waals surface area contributed by atoms with E-state index in [1.54, 1.807) is 14.0 Å². The van der Waals surface area contributed by atoms with E-state index in [1.165, 1.54) is 12.2 Å². The summed E-state index contributed by atoms with van der Waals surface area (Å²) in [5.41, 5.74) is 3.05. The van der Waals surface area contributed by atoms with E-state index in [4.69, 9.17) is 14.6 Å². The van der Waals surface area contributed by atoms with Gasteiger partial charge in [0, 0.05) is 23.3 Å². The van der Waals surface area contributed by atoms with Crippen molar-refractivity contribution in [1.82, 2.24) is 0 Å². The highest BCUT2D eigenvalue weighted by molar-refractivity contribution is 5.83. The van der Waals surface area contributed by atoms with Gasteiger partial charge in [-0.05, 0) is 67.5 Å². The maximum absolute atomic E-state index is 15.2. The average Bonchev–Trinajstić information content (AvgIpc) is 2.64. The molecule has 0 saturated heterocycles. The third kappa shape index (κ3) is 5.87. The van der Waals surface area contributed by atoms with Gasteiger partial charge in [-0.2, -0.15) is 0 Å². The summed E-state index contributed by atoms with van der Waals surface area (Å²) in [6.45, 7) is 13.9. The lowest BCUT2D eigenvalue weighted by atomic mass is 9.77. The first-order valence-electron chi connectivity index (χ1n) is 10.4. The Bertz CT molecular complexity index is 985. The number of halogens is 1. The maximum atomic E-state index is 15.2. The molecule has 0 fully saturated rings. The number of ether oxygens (including phenoxy) is 2. The van der Waals surface area contributed by atoms with Crippen LogP contribution in [0.15, 0.2) is 47.8 Å². The zero-order valence-electron chi connectivity index (χ0n) is 19.7. The highest BCUT2D eigenvalue weighted by Crippen LogP contribution is 2.48. The third-order valence-corrected chi connectivity index (χ3v) is 5.08. The number of carbonyl (C=O) groups is 1. The third-order valence-electron chi connectivity index (χ3n) is 5.08. The van der Waals surface area contributed by atoms with Crippen LogP contribution in [0.3, 0.4) is 0 Å². The number of aliphatic carboxylic acids is 1. The molecule has 0 unspecified atom stereocenters. The lowest BCUT2D eigenvalue weighted by Gasteiger charge is -2.36. The predicted octanol–water partition coefficient (Wildman–Crippen LogP) is 6.97. The van der Waals surface area contributed by atoms with E-state index in [0.29, 0.717) is 34.6 Å². The molecule has 0 radical (unpaired) electrons. The molecule has 0 spiro atoms. The zero-order chi connectivity index (χ0) is 23.6. The monoisotopic (exact) mass is 428 g/mol. The summed E-state index contributed by atoms with van der Waals surface area (Å²) in [7, 11) is 1.56. The molecular formula is C26H33FO4. The van der Waals surface area contributed by atoms with Crippen LogP contribution in [0.4, 0.5) is 4.39 Å². The van der Waals surface area contributed by atoms with Crippen molar-refractivity contribution in [3.63, 3.8) is 0 Å². The van der Waals surface area contributed by atoms with Gasteiger partial charge in [0.1, 0.15) is 22.9 Å². The summed E-state index contributed by atoms with van der Waals surface area (Å²) in [6, 6.07) is 3.76. The Morgan fingerprint density at radius 2 is 1.90 bits per heavy atom. The zero-order valence-corrected chi connectivity index (χ0v) is 19.7. The second kappa shape index (κ2) is 9.13. The molecule has 4 nitrogen and oxygen atoms in total. The molecule has 0 bridgehead atoms. The molecule has 0 saturated carbocycles. The van der Waals surface area contributed by atoms with Crippen molar-refractivity contribution in [2.24, 2.45) is 5.41 Å². The number of carboxylic acid groups (broad SMARTS) is 1. The van der Waals surface area contributed by atoms with Gasteiger partial charge in [0.05, 0.1) is 7.11 Å². The topological polar surface area (TPSA) is 55.8 Å². The van der Waals surface area contributed by atoms with Crippen LogP contribution in [0.25, 0.3) is 11.1 Å². The molecule has 0 atom stereocenters. The fourth-order valence-electron chi connectivity index (χ4n) is 3.66. The van der Waals surface area contributed by atoms with Gasteiger partial charge in [-0.1, -0.05) is 33.8 Å². The van der Waals surface area contributed by atoms with Crippen LogP contribution in [0.2, 0.25) is 0 Å². The Balaban J connectivity index is 2.69. The standard InChI is InChI=1S/C26H33FO4/c1-9-17(21(27)11-10-16(2)12-24(28)29)18-13-19-20(25(3,4)5)15-26(6,7)31-23(19)14-22(18)30-8/h10-15H,9H2,1-8H3,(H,28,29)/b11-10+,16-12+,21-17+. The predicted molar refractivity (Wildman–Crippen MR) is 124 cm³/mol. The van der Waals surface area contributed by atoms with Gasteiger partial charge in [-0.25, -0.2) is 9.18 Å². The van der Waals surface area contributed by atoms with Crippen LogP contribution < -0.4 is 9.47 Å². The van der Waals surface area contributed by atoms with E-state index in [1.807, 2.05) is 32.9 Å². The average molecular weight is 429 g/mol. The van der Waals surface area contributed by atoms with E-state index in [2.05, 4.69) is 26.8 Å². The van der Waals surface area contributed by atoms with Crippen molar-refractivity contribution in [2.75, 3.05) is 7.11 Å². The first kappa shape index (κ1) is 24.4. The maximum Gasteiger partial charge on any atom is 0.328 e. The molecule has 0 aromatic heterocycles. The molecule has 5 heteroatoms. The van der Waals surface area contributed by atoms with Gasteiger partial charge in [0.25, 0.3) is 0 Å². The number of allylic oxidation sites excluding steroid dienone is 6. The van der Waals surface area contributed by atoms with Gasteiger partial charge >= 0.3 is 5.97 Å². The Morgan fingerprint density at radius 3 is 2.42 bits per heavy atom. The van der Waals surface area contributed by atoms with Crippen molar-refractivity contribution < 1.29 is 23.8 Å². The Hall–Kier alpha value is -2.82. The van der Waals surface area contributed by atoms with Gasteiger partial charge < -0.3 is 14.6 Å². The molecule has 1 N–H and O–H groups in total. The molecule has 0 amide bonds. The van der Waals surface area contributed by atoms with Gasteiger partial charge in [-0.15, -0.1) is 0 Å². The Kier molecular flexibility index (Phi) is 7.20. The first-order chi connectivity index (χ1) is 14.3. The van der Waals surface area contributed by atoms with Crippen molar-refractivity contribution in [3.8, 4) is 11.5 Å². The van der Waals surface area contributed by atoms with Crippen molar-refractivity contribution in [3.05, 3.63) is 59.0 Å². The Morgan fingerprint density at radius 1 is 1.26 bits per heavy atom. The Labute approximate surface area is 184 Å². The first-order valence-corrected chi connectivity index (χ1v) is 10.4. The normalized spacial score (nSPS) is 16.9. The summed E-state index contributed by atoms with van der Waals surface area (Å²) in [6.07, 6.45) is 6.35. The number of hydrogen-bond donors (Lipinski definition) is 1. The van der Waals surface area contributed by atoms with Crippen LogP contribution in [0.5, 0.6) is 11.5 Å². The van der Waals surface area contributed by atoms with Gasteiger partial charge in [0.15, 0.2) is 0 Å². The van der Waals surface area contributed by atoms with E-state index < -0.39 is 17.4 Å². The molecule has 1 aromatic carbocycles. The van der Waals surface area contributed by atoms with Crippen LogP contribution in [0.1, 0.15) is 66.0 Å². The quantitative estimate of drug-likeness (QED) is 0.392. The van der Waals surface area contributed by atoms with Crippen molar-refractivity contribution >= 4 is 17.1 Å². The minimum atomic E-state index is -1.07. The molecule has 168 valence electrons. The minimum Gasteiger partial charge on any atom is -0.496 e.